The molecule has 0 saturated heterocycles. The van der Waals surface area contributed by atoms with Crippen molar-refractivity contribution in [2.75, 3.05) is 4.72 Å². The molecule has 0 atom stereocenters. The number of anilines is 1. The summed E-state index contributed by atoms with van der Waals surface area (Å²) < 4.78 is 28.1. The van der Waals surface area contributed by atoms with E-state index in [9.17, 15) is 18.3 Å². The lowest BCUT2D eigenvalue weighted by atomic mass is 10.1. The molecule has 6 heteroatoms. The Balaban J connectivity index is 2.09. The van der Waals surface area contributed by atoms with Gasteiger partial charge in [0.05, 0.1) is 16.1 Å². The van der Waals surface area contributed by atoms with E-state index in [-0.39, 0.29) is 16.1 Å². The summed E-state index contributed by atoms with van der Waals surface area (Å²) >= 11 is 0. The number of rotatable bonds is 5. The molecule has 0 aliphatic carbocycles. The fourth-order valence-corrected chi connectivity index (χ4v) is 4.02. The maximum Gasteiger partial charge on any atom is 0.337 e. The van der Waals surface area contributed by atoms with E-state index >= 15 is 0 Å². The number of aryl methyl sites for hydroxylation is 1. The minimum Gasteiger partial charge on any atom is -0.478 e. The number of hydrogen-bond acceptors (Lipinski definition) is 3. The number of hydrogen-bond donors (Lipinski definition) is 2. The van der Waals surface area contributed by atoms with Crippen LogP contribution in [0.2, 0.25) is 0 Å². The number of carbonyl (C=O) groups is 1. The molecular weight excluding hydrogens is 338 g/mol. The van der Waals surface area contributed by atoms with Crippen LogP contribution in [0, 0.1) is 0 Å². The summed E-state index contributed by atoms with van der Waals surface area (Å²) in [5, 5.41) is 10.8. The van der Waals surface area contributed by atoms with Gasteiger partial charge in [-0.05, 0) is 35.6 Å². The fraction of sp³-hybridized carbons (Fsp3) is 0.105. The zero-order valence-electron chi connectivity index (χ0n) is 13.6. The van der Waals surface area contributed by atoms with E-state index in [1.807, 2.05) is 25.1 Å². The minimum atomic E-state index is -3.93. The predicted molar refractivity (Wildman–Crippen MR) is 97.5 cm³/mol. The average Bonchev–Trinajstić information content (AvgIpc) is 2.61. The summed E-state index contributed by atoms with van der Waals surface area (Å²) in [6.07, 6.45) is 0.663. The average molecular weight is 355 g/mol. The highest BCUT2D eigenvalue weighted by Gasteiger charge is 2.20. The van der Waals surface area contributed by atoms with Gasteiger partial charge in [0.25, 0.3) is 10.0 Å². The number of benzene rings is 3. The van der Waals surface area contributed by atoms with Crippen LogP contribution in [-0.4, -0.2) is 19.5 Å². The highest BCUT2D eigenvalue weighted by atomic mass is 32.2. The summed E-state index contributed by atoms with van der Waals surface area (Å²) in [6.45, 7) is 1.90. The number of fused-ring (bicyclic) bond motifs is 1. The summed E-state index contributed by atoms with van der Waals surface area (Å²) in [7, 11) is -3.93. The summed E-state index contributed by atoms with van der Waals surface area (Å²) in [5.41, 5.74) is 0.811. The molecule has 0 aliphatic rings. The number of carboxylic acids is 1. The number of nitrogens with one attached hydrogen (secondary N) is 1. The first-order valence-corrected chi connectivity index (χ1v) is 9.27. The van der Waals surface area contributed by atoms with Gasteiger partial charge in [0.15, 0.2) is 0 Å². The van der Waals surface area contributed by atoms with Gasteiger partial charge in [-0.3, -0.25) is 4.72 Å². The number of sulfonamides is 1. The van der Waals surface area contributed by atoms with Crippen LogP contribution in [0.25, 0.3) is 10.8 Å². The van der Waals surface area contributed by atoms with Gasteiger partial charge >= 0.3 is 5.97 Å². The van der Waals surface area contributed by atoms with Gasteiger partial charge in [0.1, 0.15) is 0 Å². The van der Waals surface area contributed by atoms with Crippen LogP contribution in [0.3, 0.4) is 0 Å². The van der Waals surface area contributed by atoms with Crippen molar-refractivity contribution in [1.29, 1.82) is 0 Å². The molecule has 0 unspecified atom stereocenters. The third kappa shape index (κ3) is 3.34. The summed E-state index contributed by atoms with van der Waals surface area (Å²) in [6, 6.07) is 16.8. The number of carboxylic acid groups (broad SMARTS) is 1. The first kappa shape index (κ1) is 17.0. The molecule has 0 spiro atoms. The van der Waals surface area contributed by atoms with Crippen molar-refractivity contribution in [2.24, 2.45) is 0 Å². The van der Waals surface area contributed by atoms with Crippen LogP contribution >= 0.6 is 0 Å². The van der Waals surface area contributed by atoms with Gasteiger partial charge in [-0.15, -0.1) is 0 Å². The van der Waals surface area contributed by atoms with E-state index in [1.54, 1.807) is 24.3 Å². The van der Waals surface area contributed by atoms with Crippen LogP contribution in [0.4, 0.5) is 5.69 Å². The molecule has 0 amide bonds. The second-order valence-corrected chi connectivity index (χ2v) is 7.27. The van der Waals surface area contributed by atoms with E-state index in [0.29, 0.717) is 11.8 Å². The van der Waals surface area contributed by atoms with Gasteiger partial charge in [-0.2, -0.15) is 0 Å². The lowest BCUT2D eigenvalue weighted by Crippen LogP contribution is -2.16. The molecule has 2 N–H and O–H groups in total. The highest BCUT2D eigenvalue weighted by Crippen LogP contribution is 2.26. The molecule has 0 radical (unpaired) electrons. The predicted octanol–water partition coefficient (Wildman–Crippen LogP) is 3.90. The van der Waals surface area contributed by atoms with Crippen molar-refractivity contribution in [3.8, 4) is 0 Å². The monoisotopic (exact) mass is 355 g/mol. The number of aromatic carboxylic acids is 1. The Bertz CT molecular complexity index is 1050. The summed E-state index contributed by atoms with van der Waals surface area (Å²) in [4.78, 5) is 11.6. The van der Waals surface area contributed by atoms with Crippen molar-refractivity contribution in [3.63, 3.8) is 0 Å². The van der Waals surface area contributed by atoms with Crippen LogP contribution in [0.15, 0.2) is 65.6 Å². The normalized spacial score (nSPS) is 11.4. The summed E-state index contributed by atoms with van der Waals surface area (Å²) in [5.74, 6) is -1.18. The SMILES string of the molecule is CCc1ccc(NS(=O)(=O)c2cccc3ccccc23)c(C(=O)O)c1. The fourth-order valence-electron chi connectivity index (χ4n) is 2.71. The van der Waals surface area contributed by atoms with Crippen molar-refractivity contribution < 1.29 is 18.3 Å². The van der Waals surface area contributed by atoms with Gasteiger partial charge in [0.2, 0.25) is 0 Å². The maximum atomic E-state index is 12.8. The molecule has 0 aromatic heterocycles. The Morgan fingerprint density at radius 1 is 1.04 bits per heavy atom. The molecule has 128 valence electrons. The Morgan fingerprint density at radius 2 is 1.76 bits per heavy atom. The zero-order chi connectivity index (χ0) is 18.0. The zero-order valence-corrected chi connectivity index (χ0v) is 14.4. The van der Waals surface area contributed by atoms with Crippen molar-refractivity contribution >= 4 is 32.5 Å². The van der Waals surface area contributed by atoms with Crippen molar-refractivity contribution in [2.45, 2.75) is 18.2 Å². The van der Waals surface area contributed by atoms with E-state index in [2.05, 4.69) is 4.72 Å². The van der Waals surface area contributed by atoms with Gasteiger partial charge in [-0.1, -0.05) is 49.4 Å². The van der Waals surface area contributed by atoms with E-state index in [0.717, 1.165) is 10.9 Å². The molecule has 0 fully saturated rings. The molecule has 0 bridgehead atoms. The molecule has 3 rings (SSSR count). The Kier molecular flexibility index (Phi) is 4.46. The van der Waals surface area contributed by atoms with Gasteiger partial charge in [-0.25, -0.2) is 13.2 Å². The lowest BCUT2D eigenvalue weighted by molar-refractivity contribution is 0.0698. The van der Waals surface area contributed by atoms with E-state index in [1.165, 1.54) is 18.2 Å². The quantitative estimate of drug-likeness (QED) is 0.727. The third-order valence-electron chi connectivity index (χ3n) is 4.01. The molecular formula is C19H17NO4S. The Morgan fingerprint density at radius 3 is 2.48 bits per heavy atom. The largest absolute Gasteiger partial charge is 0.478 e. The topological polar surface area (TPSA) is 83.5 Å². The lowest BCUT2D eigenvalue weighted by Gasteiger charge is -2.13. The van der Waals surface area contributed by atoms with Crippen molar-refractivity contribution in [1.82, 2.24) is 0 Å². The van der Waals surface area contributed by atoms with Gasteiger partial charge in [0, 0.05) is 5.39 Å². The minimum absolute atomic E-state index is 0.0534. The van der Waals surface area contributed by atoms with E-state index in [4.69, 9.17) is 0 Å². The molecule has 25 heavy (non-hydrogen) atoms. The maximum absolute atomic E-state index is 12.8. The molecule has 0 saturated carbocycles. The second kappa shape index (κ2) is 6.57. The first-order valence-electron chi connectivity index (χ1n) is 7.79. The van der Waals surface area contributed by atoms with Crippen LogP contribution in [0.1, 0.15) is 22.8 Å². The van der Waals surface area contributed by atoms with Crippen LogP contribution in [0.5, 0.6) is 0 Å². The van der Waals surface area contributed by atoms with Crippen LogP contribution < -0.4 is 4.72 Å². The highest BCUT2D eigenvalue weighted by molar-refractivity contribution is 7.93. The third-order valence-corrected chi connectivity index (χ3v) is 5.43. The Labute approximate surface area is 146 Å². The van der Waals surface area contributed by atoms with Crippen molar-refractivity contribution in [3.05, 3.63) is 71.8 Å². The standard InChI is InChI=1S/C19H17NO4S/c1-2-13-10-11-17(16(12-13)19(21)22)20-25(23,24)18-9-5-7-14-6-3-4-8-15(14)18/h3-12,20H,2H2,1H3,(H,21,22). The molecule has 5 nitrogen and oxygen atoms in total. The van der Waals surface area contributed by atoms with E-state index < -0.39 is 16.0 Å². The second-order valence-electron chi connectivity index (χ2n) is 5.62. The molecule has 0 aliphatic heterocycles. The molecule has 3 aromatic rings. The van der Waals surface area contributed by atoms with Crippen LogP contribution in [-0.2, 0) is 16.4 Å². The molecule has 0 heterocycles. The molecule has 3 aromatic carbocycles. The first-order chi connectivity index (χ1) is 11.9. The smallest absolute Gasteiger partial charge is 0.337 e. The Hall–Kier alpha value is -2.86. The van der Waals surface area contributed by atoms with Gasteiger partial charge < -0.3 is 5.11 Å².